The number of primary amides is 1. The Balaban J connectivity index is 1.37. The largest absolute Gasteiger partial charge is 0.445 e. The number of urea groups is 1. The number of Topliss-reactive ketones (excluding diaryl/α,β-unsaturated/α-hetero) is 1. The Labute approximate surface area is 561 Å². The quantitative estimate of drug-likeness (QED) is 0.0272. The highest BCUT2D eigenvalue weighted by molar-refractivity contribution is 6.03. The molecule has 13 atom stereocenters. The van der Waals surface area contributed by atoms with Crippen molar-refractivity contribution in [2.75, 3.05) is 52.8 Å². The number of aliphatic hydroxyl groups excluding tert-OH is 2. The molecule has 2 aromatic carbocycles. The van der Waals surface area contributed by atoms with E-state index in [1.807, 2.05) is 19.9 Å². The van der Waals surface area contributed by atoms with Crippen LogP contribution >= 0.6 is 0 Å². The third-order valence-electron chi connectivity index (χ3n) is 18.8. The van der Waals surface area contributed by atoms with Gasteiger partial charge >= 0.3 is 12.1 Å². The zero-order chi connectivity index (χ0) is 71.0. The summed E-state index contributed by atoms with van der Waals surface area (Å²) in [5.41, 5.74) is 6.83. The topological polar surface area (TPSA) is 346 Å². The van der Waals surface area contributed by atoms with Crippen LogP contribution in [0.25, 0.3) is 0 Å². The molecule has 0 spiro atoms. The molecule has 25 nitrogen and oxygen atoms in total. The van der Waals surface area contributed by atoms with Gasteiger partial charge in [-0.15, -0.1) is 0 Å². The molecule has 25 heteroatoms. The maximum absolute atomic E-state index is 14.8. The van der Waals surface area contributed by atoms with Crippen molar-refractivity contribution in [1.29, 1.82) is 0 Å². The number of imide groups is 1. The summed E-state index contributed by atoms with van der Waals surface area (Å²) in [6.45, 7) is 20.0. The van der Waals surface area contributed by atoms with Gasteiger partial charge in [-0.2, -0.15) is 0 Å². The molecule has 0 radical (unpaired) electrons. The van der Waals surface area contributed by atoms with Crippen LogP contribution in [0.1, 0.15) is 170 Å². The molecule has 0 saturated carbocycles. The van der Waals surface area contributed by atoms with Gasteiger partial charge < -0.3 is 61.8 Å². The Morgan fingerprint density at radius 1 is 0.768 bits per heavy atom. The molecule has 2 aromatic rings. The lowest BCUT2D eigenvalue weighted by Gasteiger charge is -2.41. The summed E-state index contributed by atoms with van der Waals surface area (Å²) in [4.78, 5) is 153. The van der Waals surface area contributed by atoms with Crippen molar-refractivity contribution >= 4 is 70.9 Å². The predicted octanol–water partition coefficient (Wildman–Crippen LogP) is 6.23. The van der Waals surface area contributed by atoms with Crippen LogP contribution in [0.5, 0.6) is 0 Å². The van der Waals surface area contributed by atoms with Crippen LogP contribution in [0.3, 0.4) is 0 Å². The summed E-state index contributed by atoms with van der Waals surface area (Å²) in [5, 5.41) is 35.7. The maximum atomic E-state index is 14.8. The molecule has 2 saturated heterocycles. The number of amides is 11. The van der Waals surface area contributed by atoms with Gasteiger partial charge in [0, 0.05) is 102 Å². The van der Waals surface area contributed by atoms with Gasteiger partial charge in [-0.3, -0.25) is 53.0 Å². The number of unbranched alkanes of at least 4 members (excludes halogenated alkanes) is 2. The lowest BCUT2D eigenvalue weighted by molar-refractivity contribution is -0.147. The van der Waals surface area contributed by atoms with E-state index in [0.29, 0.717) is 74.8 Å². The number of ketones is 1. The van der Waals surface area contributed by atoms with E-state index in [1.54, 1.807) is 123 Å². The molecule has 0 bridgehead atoms. The van der Waals surface area contributed by atoms with E-state index in [2.05, 4.69) is 26.6 Å². The summed E-state index contributed by atoms with van der Waals surface area (Å²) >= 11 is 0. The second kappa shape index (κ2) is 38.9. The summed E-state index contributed by atoms with van der Waals surface area (Å²) in [5.74, 6) is -7.08. The van der Waals surface area contributed by atoms with Crippen molar-refractivity contribution in [3.8, 4) is 0 Å². The third-order valence-corrected chi connectivity index (χ3v) is 18.8. The minimum Gasteiger partial charge on any atom is -0.445 e. The SMILES string of the molecule is CC[C@H](C)[C@@H]([C@@H](CC(=O)N1CCC[C@H]1[C@H](CO)[C@@H](C)C(=O)N[C@H](C)[C@@H](O)c1ccccc1)OC)N(C)C(=O)[C@@H](NC(=O)[C@H](C(C)C)N(C)C(=O)OCc1ccc(NC(=O)[C@H](CCCNC(N)=O)CC(=O)[C@@H](NC(=O)CCCCCN2C(=O)CC(C)C2=O)C(C)C)cc1)C(C)C. The number of aliphatic hydroxyl groups is 2. The van der Waals surface area contributed by atoms with Gasteiger partial charge in [0.25, 0.3) is 0 Å². The predicted molar refractivity (Wildman–Crippen MR) is 359 cm³/mol. The van der Waals surface area contributed by atoms with Gasteiger partial charge in [-0.1, -0.05) is 125 Å². The smallest absolute Gasteiger partial charge is 0.410 e. The molecule has 0 aliphatic carbocycles. The number of likely N-dealkylation sites (N-methyl/N-ethyl adjacent to an activating group) is 2. The number of rotatable bonds is 39. The summed E-state index contributed by atoms with van der Waals surface area (Å²) in [7, 11) is 4.54. The van der Waals surface area contributed by atoms with E-state index in [4.69, 9.17) is 15.2 Å². The highest BCUT2D eigenvalue weighted by Crippen LogP contribution is 2.33. The number of ether oxygens (including phenoxy) is 2. The second-order valence-corrected chi connectivity index (χ2v) is 27.0. The second-order valence-electron chi connectivity index (χ2n) is 27.0. The van der Waals surface area contributed by atoms with Crippen LogP contribution in [0, 0.1) is 47.3 Å². The zero-order valence-corrected chi connectivity index (χ0v) is 58.5. The zero-order valence-electron chi connectivity index (χ0n) is 58.5. The summed E-state index contributed by atoms with van der Waals surface area (Å²) in [6, 6.07) is 9.95. The Bertz CT molecular complexity index is 2880. The molecular formula is C70H110N10O15. The Kier molecular flexibility index (Phi) is 32.7. The van der Waals surface area contributed by atoms with Gasteiger partial charge in [-0.05, 0) is 92.4 Å². The highest BCUT2D eigenvalue weighted by atomic mass is 16.6. The summed E-state index contributed by atoms with van der Waals surface area (Å²) in [6.07, 6.45) is 1.36. The number of anilines is 1. The molecule has 4 rings (SSSR count). The van der Waals surface area contributed by atoms with Crippen LogP contribution in [0.15, 0.2) is 54.6 Å². The molecule has 2 fully saturated rings. The molecule has 95 heavy (non-hydrogen) atoms. The van der Waals surface area contributed by atoms with Gasteiger partial charge in [-0.25, -0.2) is 9.59 Å². The first-order chi connectivity index (χ1) is 44.9. The summed E-state index contributed by atoms with van der Waals surface area (Å²) < 4.78 is 11.8. The lowest BCUT2D eigenvalue weighted by atomic mass is 9.85. The first-order valence-electron chi connectivity index (χ1n) is 33.9. The van der Waals surface area contributed by atoms with Crippen LogP contribution < -0.4 is 32.3 Å². The number of likely N-dealkylation sites (tertiary alicyclic amines) is 2. The fourth-order valence-electron chi connectivity index (χ4n) is 12.9. The van der Waals surface area contributed by atoms with E-state index in [9.17, 15) is 63.0 Å². The first kappa shape index (κ1) is 79.9. The van der Waals surface area contributed by atoms with Gasteiger partial charge in [0.15, 0.2) is 5.78 Å². The van der Waals surface area contributed by atoms with Crippen LogP contribution in [0.2, 0.25) is 0 Å². The normalized spacial score (nSPS) is 18.3. The highest BCUT2D eigenvalue weighted by Gasteiger charge is 2.44. The average Bonchev–Trinajstić information content (AvgIpc) is 1.78. The van der Waals surface area contributed by atoms with Crippen molar-refractivity contribution in [3.63, 3.8) is 0 Å². The number of nitrogens with two attached hydrogens (primary N) is 1. The van der Waals surface area contributed by atoms with E-state index < -0.39 is 108 Å². The number of nitrogens with one attached hydrogen (secondary N) is 5. The molecule has 1 unspecified atom stereocenters. The molecule has 9 N–H and O–H groups in total. The van der Waals surface area contributed by atoms with Gasteiger partial charge in [0.2, 0.25) is 47.3 Å². The third kappa shape index (κ3) is 23.4. The van der Waals surface area contributed by atoms with E-state index in [1.165, 1.54) is 28.9 Å². The number of hydrogen-bond donors (Lipinski definition) is 8. The number of hydrogen-bond acceptors (Lipinski definition) is 15. The molecule has 2 heterocycles. The number of benzene rings is 2. The minimum absolute atomic E-state index is 0.116. The van der Waals surface area contributed by atoms with Crippen molar-refractivity contribution in [2.24, 2.45) is 53.1 Å². The Hall–Kier alpha value is -7.51. The molecule has 2 aliphatic rings. The Morgan fingerprint density at radius 2 is 1.42 bits per heavy atom. The van der Waals surface area contributed by atoms with Crippen LogP contribution in [-0.4, -0.2) is 185 Å². The number of carbonyl (C=O) groups is 11. The molecule has 0 aromatic heterocycles. The number of carbonyl (C=O) groups excluding carboxylic acids is 11. The van der Waals surface area contributed by atoms with Crippen molar-refractivity contribution in [3.05, 3.63) is 65.7 Å². The van der Waals surface area contributed by atoms with Crippen molar-refractivity contribution in [2.45, 2.75) is 208 Å². The molecule has 11 amide bonds. The van der Waals surface area contributed by atoms with Crippen LogP contribution in [0.4, 0.5) is 15.3 Å². The van der Waals surface area contributed by atoms with Gasteiger partial charge in [0.1, 0.15) is 18.7 Å². The Morgan fingerprint density at radius 3 is 1.99 bits per heavy atom. The van der Waals surface area contributed by atoms with E-state index >= 15 is 0 Å². The fourth-order valence-corrected chi connectivity index (χ4v) is 12.9. The lowest BCUT2D eigenvalue weighted by Crippen LogP contribution is -2.60. The number of nitrogens with zero attached hydrogens (tertiary/aromatic N) is 4. The van der Waals surface area contributed by atoms with Crippen molar-refractivity contribution in [1.82, 2.24) is 40.9 Å². The molecular weight excluding hydrogens is 1220 g/mol. The standard InChI is InChI=1S/C70H110N10O15/c1-15-44(8)62(55(94-14)38-58(85)79-35-23-27-53(79)52(39-81)46(10)64(87)73-47(11)63(86)49-24-18-16-19-25-49)77(12)68(91)60(42(4)5)76-66(89)61(43(6)7)78(13)70(93)95-40-48-29-31-51(32-30-48)74-65(88)50(26-22-33-72-69(71)92)37-54(82)59(41(2)3)75-56(83)28-20-17-21-34-80-57(84)36-45(9)67(80)90/h16,18-19,24-25,29-32,41-47,50,52-53,55,59-63,81,86H,15,17,20-23,26-28,33-40H2,1-14H3,(H,73,87)(H,74,88)(H,75,83)(H,76,89)(H3,71,72,92)/t44-,45?,46+,47+,50+,52+,53-,55+,59-,60-,61-,62-,63+/m0/s1. The minimum atomic E-state index is -1.09. The molecule has 2 aliphatic heterocycles. The van der Waals surface area contributed by atoms with E-state index in [0.717, 1.165) is 0 Å². The van der Waals surface area contributed by atoms with Gasteiger partial charge in [0.05, 0.1) is 36.8 Å². The van der Waals surface area contributed by atoms with E-state index in [-0.39, 0.29) is 105 Å². The first-order valence-corrected chi connectivity index (χ1v) is 33.9. The van der Waals surface area contributed by atoms with Crippen LogP contribution in [-0.2, 0) is 59.2 Å². The number of methoxy groups -OCH3 is 1. The van der Waals surface area contributed by atoms with Crippen molar-refractivity contribution < 1.29 is 72.4 Å². The fraction of sp³-hybridized carbons (Fsp3) is 0.671. The molecule has 530 valence electrons. The maximum Gasteiger partial charge on any atom is 0.410 e. The average molecular weight is 1330 g/mol. The monoisotopic (exact) mass is 1330 g/mol.